The molecule has 2 aromatic heterocycles. The molecular formula is C19H20ClN3O. The fourth-order valence-corrected chi connectivity index (χ4v) is 3.47. The highest BCUT2D eigenvalue weighted by Gasteiger charge is 2.22. The van der Waals surface area contributed by atoms with Crippen LogP contribution in [0.2, 0.25) is 5.02 Å². The van der Waals surface area contributed by atoms with Gasteiger partial charge in [0.15, 0.2) is 0 Å². The Morgan fingerprint density at radius 3 is 2.58 bits per heavy atom. The summed E-state index contributed by atoms with van der Waals surface area (Å²) >= 11 is 5.94. The number of benzene rings is 1. The zero-order valence-electron chi connectivity index (χ0n) is 13.4. The van der Waals surface area contributed by atoms with E-state index in [1.165, 1.54) is 5.69 Å². The molecule has 1 aromatic carbocycles. The number of nitrogens with one attached hydrogen (secondary N) is 1. The van der Waals surface area contributed by atoms with Gasteiger partial charge in [-0.1, -0.05) is 11.6 Å². The van der Waals surface area contributed by atoms with Crippen LogP contribution in [0.4, 0.5) is 0 Å². The molecule has 1 aliphatic rings. The molecule has 3 heterocycles. The number of nitrogens with zero attached hydrogens (tertiary/aromatic N) is 2. The topological polar surface area (TPSA) is 45.1 Å². The summed E-state index contributed by atoms with van der Waals surface area (Å²) in [5, 5.41) is 7.90. The first-order valence-corrected chi connectivity index (χ1v) is 8.72. The van der Waals surface area contributed by atoms with Crippen LogP contribution in [-0.2, 0) is 6.54 Å². The Morgan fingerprint density at radius 1 is 1.08 bits per heavy atom. The second-order valence-electron chi connectivity index (χ2n) is 6.34. The van der Waals surface area contributed by atoms with Crippen LogP contribution >= 0.6 is 11.6 Å². The quantitative estimate of drug-likeness (QED) is 0.748. The number of hydrogen-bond acceptors (Lipinski definition) is 3. The number of aromatic nitrogens is 2. The zero-order chi connectivity index (χ0) is 16.4. The average molecular weight is 342 g/mol. The Balaban J connectivity index is 1.36. The van der Waals surface area contributed by atoms with Gasteiger partial charge in [0, 0.05) is 28.4 Å². The number of likely N-dealkylation sites (tertiary alicyclic amines) is 1. The van der Waals surface area contributed by atoms with E-state index in [-0.39, 0.29) is 0 Å². The Morgan fingerprint density at radius 2 is 1.88 bits per heavy atom. The molecule has 3 aromatic rings. The van der Waals surface area contributed by atoms with Gasteiger partial charge in [-0.2, -0.15) is 5.10 Å². The minimum atomic E-state index is 0.602. The molecule has 4 rings (SSSR count). The van der Waals surface area contributed by atoms with Crippen LogP contribution in [0.5, 0.6) is 0 Å². The van der Waals surface area contributed by atoms with Gasteiger partial charge >= 0.3 is 0 Å². The number of piperidine rings is 1. The van der Waals surface area contributed by atoms with E-state index < -0.39 is 0 Å². The maximum Gasteiger partial charge on any atom is 0.134 e. The highest BCUT2D eigenvalue weighted by molar-refractivity contribution is 6.30. The molecule has 5 heteroatoms. The lowest BCUT2D eigenvalue weighted by atomic mass is 9.94. The van der Waals surface area contributed by atoms with Gasteiger partial charge in [-0.05, 0) is 68.4 Å². The molecule has 1 saturated heterocycles. The fourth-order valence-electron chi connectivity index (χ4n) is 3.35. The number of aromatic amines is 1. The molecule has 124 valence electrons. The molecule has 1 N–H and O–H groups in total. The summed E-state index contributed by atoms with van der Waals surface area (Å²) in [6.07, 6.45) is 4.16. The molecule has 0 saturated carbocycles. The van der Waals surface area contributed by atoms with Crippen molar-refractivity contribution in [2.45, 2.75) is 25.3 Å². The summed E-state index contributed by atoms with van der Waals surface area (Å²) < 4.78 is 6.01. The van der Waals surface area contributed by atoms with E-state index in [0.29, 0.717) is 5.92 Å². The van der Waals surface area contributed by atoms with E-state index in [4.69, 9.17) is 16.0 Å². The highest BCUT2D eigenvalue weighted by Crippen LogP contribution is 2.28. The molecule has 0 unspecified atom stereocenters. The molecule has 0 atom stereocenters. The number of H-pyrrole nitrogens is 1. The summed E-state index contributed by atoms with van der Waals surface area (Å²) in [5.74, 6) is 2.51. The lowest BCUT2D eigenvalue weighted by molar-refractivity contribution is 0.190. The smallest absolute Gasteiger partial charge is 0.134 e. The van der Waals surface area contributed by atoms with Crippen molar-refractivity contribution in [3.63, 3.8) is 0 Å². The van der Waals surface area contributed by atoms with Crippen LogP contribution < -0.4 is 0 Å². The predicted molar refractivity (Wildman–Crippen MR) is 95.0 cm³/mol. The third-order valence-corrected chi connectivity index (χ3v) is 4.97. The van der Waals surface area contributed by atoms with E-state index >= 15 is 0 Å². The van der Waals surface area contributed by atoms with Crippen molar-refractivity contribution >= 4 is 11.6 Å². The predicted octanol–water partition coefficient (Wildman–Crippen LogP) is 4.70. The third-order valence-electron chi connectivity index (χ3n) is 4.72. The zero-order valence-corrected chi connectivity index (χ0v) is 14.2. The van der Waals surface area contributed by atoms with Crippen LogP contribution in [0, 0.1) is 0 Å². The molecule has 1 fully saturated rings. The van der Waals surface area contributed by atoms with Gasteiger partial charge in [0.05, 0.1) is 6.54 Å². The first kappa shape index (κ1) is 15.5. The summed E-state index contributed by atoms with van der Waals surface area (Å²) in [5.41, 5.74) is 2.32. The van der Waals surface area contributed by atoms with Crippen LogP contribution in [0.15, 0.2) is 53.1 Å². The maximum atomic E-state index is 6.01. The molecule has 0 spiro atoms. The molecule has 0 radical (unpaired) electrons. The number of hydrogen-bond donors (Lipinski definition) is 1. The van der Waals surface area contributed by atoms with Crippen LogP contribution in [-0.4, -0.2) is 28.2 Å². The lowest BCUT2D eigenvalue weighted by Crippen LogP contribution is -2.32. The van der Waals surface area contributed by atoms with E-state index in [9.17, 15) is 0 Å². The van der Waals surface area contributed by atoms with Crippen molar-refractivity contribution < 1.29 is 4.42 Å². The van der Waals surface area contributed by atoms with Crippen molar-refractivity contribution in [2.24, 2.45) is 0 Å². The van der Waals surface area contributed by atoms with Crippen LogP contribution in [0.1, 0.15) is 30.2 Å². The Hall–Kier alpha value is -2.04. The van der Waals surface area contributed by atoms with E-state index in [1.54, 1.807) is 0 Å². The molecule has 0 bridgehead atoms. The van der Waals surface area contributed by atoms with Crippen molar-refractivity contribution in [3.05, 3.63) is 65.1 Å². The van der Waals surface area contributed by atoms with Gasteiger partial charge < -0.3 is 4.42 Å². The van der Waals surface area contributed by atoms with Crippen molar-refractivity contribution in [1.29, 1.82) is 0 Å². The number of furan rings is 1. The standard InChI is InChI=1S/C19H20ClN3O/c20-16-3-1-15(2-4-16)19-6-5-17(24-19)13-23-11-8-14(9-12-23)18-7-10-21-22-18/h1-7,10,14H,8-9,11-13H2,(H,21,22). The van der Waals surface area contributed by atoms with Gasteiger partial charge in [0.25, 0.3) is 0 Å². The van der Waals surface area contributed by atoms with Crippen LogP contribution in [0.3, 0.4) is 0 Å². The SMILES string of the molecule is Clc1ccc(-c2ccc(CN3CCC(c4ccn[nH]4)CC3)o2)cc1. The summed E-state index contributed by atoms with van der Waals surface area (Å²) in [6, 6.07) is 14.0. The first-order chi connectivity index (χ1) is 11.8. The molecule has 0 amide bonds. The number of rotatable bonds is 4. The van der Waals surface area contributed by atoms with E-state index in [2.05, 4.69) is 27.2 Å². The van der Waals surface area contributed by atoms with Crippen molar-refractivity contribution in [3.8, 4) is 11.3 Å². The van der Waals surface area contributed by atoms with Crippen molar-refractivity contribution in [2.75, 3.05) is 13.1 Å². The van der Waals surface area contributed by atoms with Gasteiger partial charge in [0.2, 0.25) is 0 Å². The molecule has 0 aliphatic carbocycles. The molecule has 24 heavy (non-hydrogen) atoms. The largest absolute Gasteiger partial charge is 0.460 e. The summed E-state index contributed by atoms with van der Waals surface area (Å²) in [6.45, 7) is 3.03. The lowest BCUT2D eigenvalue weighted by Gasteiger charge is -2.30. The maximum absolute atomic E-state index is 6.01. The monoisotopic (exact) mass is 341 g/mol. The Kier molecular flexibility index (Phi) is 4.41. The fraction of sp³-hybridized carbons (Fsp3) is 0.316. The van der Waals surface area contributed by atoms with Gasteiger partial charge in [0.1, 0.15) is 11.5 Å². The first-order valence-electron chi connectivity index (χ1n) is 8.34. The van der Waals surface area contributed by atoms with Gasteiger partial charge in [-0.25, -0.2) is 0 Å². The summed E-state index contributed by atoms with van der Waals surface area (Å²) in [7, 11) is 0. The molecule has 4 nitrogen and oxygen atoms in total. The van der Waals surface area contributed by atoms with E-state index in [0.717, 1.165) is 54.6 Å². The normalized spacial score (nSPS) is 16.5. The molecule has 1 aliphatic heterocycles. The average Bonchev–Trinajstić information content (AvgIpc) is 3.28. The Labute approximate surface area is 146 Å². The van der Waals surface area contributed by atoms with Crippen molar-refractivity contribution in [1.82, 2.24) is 15.1 Å². The third kappa shape index (κ3) is 3.40. The number of halogens is 1. The minimum absolute atomic E-state index is 0.602. The summed E-state index contributed by atoms with van der Waals surface area (Å²) in [4.78, 5) is 2.46. The second kappa shape index (κ2) is 6.83. The second-order valence-corrected chi connectivity index (χ2v) is 6.77. The van der Waals surface area contributed by atoms with Gasteiger partial charge in [-0.3, -0.25) is 10.00 Å². The molecular weight excluding hydrogens is 322 g/mol. The minimum Gasteiger partial charge on any atom is -0.460 e. The van der Waals surface area contributed by atoms with E-state index in [1.807, 2.05) is 36.5 Å². The highest BCUT2D eigenvalue weighted by atomic mass is 35.5. The van der Waals surface area contributed by atoms with Gasteiger partial charge in [-0.15, -0.1) is 0 Å². The Bertz CT molecular complexity index is 771. The van der Waals surface area contributed by atoms with Crippen LogP contribution in [0.25, 0.3) is 11.3 Å².